The largest absolute Gasteiger partial charge is 0.480 e. The average Bonchev–Trinajstić information content (AvgIpc) is 3.25. The average molecular weight is 426 g/mol. The van der Waals surface area contributed by atoms with Crippen LogP contribution in [-0.2, 0) is 19.2 Å². The van der Waals surface area contributed by atoms with Gasteiger partial charge < -0.3 is 20.2 Å². The van der Waals surface area contributed by atoms with Gasteiger partial charge in [0.25, 0.3) is 11.8 Å². The Morgan fingerprint density at radius 3 is 2.68 bits per heavy atom. The summed E-state index contributed by atoms with van der Waals surface area (Å²) in [7, 11) is 1.22. The standard InChI is InChI=1S/C21H22N4O6/c1-24(12-18(27)28)21(31)19(29)16-7-4-10-25(16)17(26)11-23-20(30)14-8-9-22-15-6-3-2-5-13(14)15/h2-3,5-6,8-9,16H,4,7,10-12H2,1H3,(H,23,30)(H,27,28)/t16-/m0/s1. The number of nitrogens with one attached hydrogen (secondary N) is 1. The Morgan fingerprint density at radius 2 is 1.94 bits per heavy atom. The molecule has 0 spiro atoms. The molecule has 2 N–H and O–H groups in total. The molecule has 0 radical (unpaired) electrons. The summed E-state index contributed by atoms with van der Waals surface area (Å²) in [6.45, 7) is -0.668. The SMILES string of the molecule is CN(CC(=O)O)C(=O)C(=O)[C@@H]1CCCN1C(=O)CNC(=O)c1ccnc2ccccc12. The molecule has 10 nitrogen and oxygen atoms in total. The number of pyridine rings is 1. The van der Waals surface area contributed by atoms with Gasteiger partial charge in [0, 0.05) is 25.2 Å². The Morgan fingerprint density at radius 1 is 1.19 bits per heavy atom. The summed E-state index contributed by atoms with van der Waals surface area (Å²) in [5.74, 6) is -3.97. The number of carboxylic acids is 1. The molecule has 31 heavy (non-hydrogen) atoms. The molecule has 2 aromatic rings. The van der Waals surface area contributed by atoms with Crippen LogP contribution in [0.2, 0.25) is 0 Å². The van der Waals surface area contributed by atoms with Gasteiger partial charge in [-0.3, -0.25) is 29.0 Å². The van der Waals surface area contributed by atoms with Crippen LogP contribution >= 0.6 is 0 Å². The van der Waals surface area contributed by atoms with Crippen LogP contribution in [0.3, 0.4) is 0 Å². The number of likely N-dealkylation sites (N-methyl/N-ethyl adjacent to an activating group) is 1. The lowest BCUT2D eigenvalue weighted by molar-refractivity contribution is -0.151. The zero-order chi connectivity index (χ0) is 22.5. The number of hydrogen-bond donors (Lipinski definition) is 2. The van der Waals surface area contributed by atoms with Crippen LogP contribution in [0.25, 0.3) is 10.9 Å². The van der Waals surface area contributed by atoms with E-state index in [9.17, 15) is 24.0 Å². The summed E-state index contributed by atoms with van der Waals surface area (Å²) in [4.78, 5) is 67.0. The highest BCUT2D eigenvalue weighted by Gasteiger charge is 2.38. The molecule has 162 valence electrons. The molecule has 1 aromatic heterocycles. The van der Waals surface area contributed by atoms with E-state index in [1.165, 1.54) is 18.1 Å². The molecule has 0 bridgehead atoms. The predicted octanol–water partition coefficient (Wildman–Crippen LogP) is 0.0677. The van der Waals surface area contributed by atoms with Gasteiger partial charge >= 0.3 is 5.97 Å². The highest BCUT2D eigenvalue weighted by molar-refractivity contribution is 6.38. The van der Waals surface area contributed by atoms with Crippen LogP contribution in [0.4, 0.5) is 0 Å². The maximum Gasteiger partial charge on any atom is 0.323 e. The summed E-state index contributed by atoms with van der Waals surface area (Å²) in [5, 5.41) is 12.0. The topological polar surface area (TPSA) is 137 Å². The number of para-hydroxylation sites is 1. The molecule has 2 heterocycles. The minimum atomic E-state index is -1.24. The van der Waals surface area contributed by atoms with Crippen molar-refractivity contribution in [3.63, 3.8) is 0 Å². The molecule has 0 aliphatic carbocycles. The van der Waals surface area contributed by atoms with Crippen molar-refractivity contribution < 1.29 is 29.1 Å². The van der Waals surface area contributed by atoms with E-state index in [0.29, 0.717) is 29.3 Å². The van der Waals surface area contributed by atoms with Crippen molar-refractivity contribution in [2.75, 3.05) is 26.7 Å². The van der Waals surface area contributed by atoms with Crippen LogP contribution in [0, 0.1) is 0 Å². The molecule has 1 aromatic carbocycles. The Labute approximate surface area is 177 Å². The van der Waals surface area contributed by atoms with Gasteiger partial charge in [-0.2, -0.15) is 0 Å². The molecule has 3 rings (SSSR count). The van der Waals surface area contributed by atoms with Crippen LogP contribution in [0.1, 0.15) is 23.2 Å². The number of rotatable bonds is 7. The first-order valence-electron chi connectivity index (χ1n) is 9.72. The number of amides is 3. The second kappa shape index (κ2) is 9.33. The van der Waals surface area contributed by atoms with E-state index in [1.54, 1.807) is 30.3 Å². The van der Waals surface area contributed by atoms with Gasteiger partial charge in [-0.15, -0.1) is 0 Å². The number of carbonyl (C=O) groups excluding carboxylic acids is 4. The highest BCUT2D eigenvalue weighted by atomic mass is 16.4. The number of carbonyl (C=O) groups is 5. The number of aliphatic carboxylic acids is 1. The van der Waals surface area contributed by atoms with Gasteiger partial charge in [0.15, 0.2) is 0 Å². The maximum atomic E-state index is 12.7. The van der Waals surface area contributed by atoms with Crippen LogP contribution in [0.15, 0.2) is 36.5 Å². The normalized spacial score (nSPS) is 15.5. The number of Topliss-reactive ketones (excluding diaryl/α,β-unsaturated/α-hetero) is 1. The Bertz CT molecular complexity index is 1050. The first-order chi connectivity index (χ1) is 14.8. The number of benzene rings is 1. The van der Waals surface area contributed by atoms with E-state index in [1.807, 2.05) is 0 Å². The van der Waals surface area contributed by atoms with Gasteiger partial charge in [-0.1, -0.05) is 18.2 Å². The number of carboxylic acid groups (broad SMARTS) is 1. The summed E-state index contributed by atoms with van der Waals surface area (Å²) >= 11 is 0. The van der Waals surface area contributed by atoms with E-state index in [0.717, 1.165) is 4.90 Å². The molecule has 1 aliphatic rings. The predicted molar refractivity (Wildman–Crippen MR) is 109 cm³/mol. The molecule has 1 saturated heterocycles. The number of aromatic nitrogens is 1. The summed E-state index contributed by atoms with van der Waals surface area (Å²) in [5.41, 5.74) is 1.02. The van der Waals surface area contributed by atoms with Crippen molar-refractivity contribution in [2.24, 2.45) is 0 Å². The van der Waals surface area contributed by atoms with Crippen molar-refractivity contribution in [3.8, 4) is 0 Å². The second-order valence-corrected chi connectivity index (χ2v) is 7.22. The van der Waals surface area contributed by atoms with E-state index >= 15 is 0 Å². The van der Waals surface area contributed by atoms with Crippen molar-refractivity contribution in [1.82, 2.24) is 20.1 Å². The third kappa shape index (κ3) is 4.85. The quantitative estimate of drug-likeness (QED) is 0.598. The minimum absolute atomic E-state index is 0.277. The molecule has 1 atom stereocenters. The van der Waals surface area contributed by atoms with E-state index in [2.05, 4.69) is 10.3 Å². The van der Waals surface area contributed by atoms with Gasteiger partial charge in [0.05, 0.1) is 17.6 Å². The monoisotopic (exact) mass is 426 g/mol. The molecule has 1 fully saturated rings. The van der Waals surface area contributed by atoms with Crippen molar-refractivity contribution in [1.29, 1.82) is 0 Å². The first-order valence-corrected chi connectivity index (χ1v) is 9.72. The van der Waals surface area contributed by atoms with Gasteiger partial charge in [0.2, 0.25) is 11.7 Å². The third-order valence-electron chi connectivity index (χ3n) is 5.10. The summed E-state index contributed by atoms with van der Waals surface area (Å²) in [6, 6.07) is 7.71. The smallest absolute Gasteiger partial charge is 0.323 e. The van der Waals surface area contributed by atoms with Crippen molar-refractivity contribution in [3.05, 3.63) is 42.1 Å². The Balaban J connectivity index is 1.64. The molecule has 10 heteroatoms. The number of ketones is 1. The highest BCUT2D eigenvalue weighted by Crippen LogP contribution is 2.19. The molecule has 0 saturated carbocycles. The van der Waals surface area contributed by atoms with Crippen LogP contribution in [-0.4, -0.2) is 82.1 Å². The number of fused-ring (bicyclic) bond motifs is 1. The fraction of sp³-hybridized carbons (Fsp3) is 0.333. The van der Waals surface area contributed by atoms with Gasteiger partial charge in [-0.05, 0) is 25.0 Å². The van der Waals surface area contributed by atoms with Crippen LogP contribution in [0.5, 0.6) is 0 Å². The van der Waals surface area contributed by atoms with Gasteiger partial charge in [0.1, 0.15) is 12.6 Å². The fourth-order valence-electron chi connectivity index (χ4n) is 3.59. The molecule has 3 amide bonds. The lowest BCUT2D eigenvalue weighted by atomic mass is 10.1. The Hall–Kier alpha value is -3.82. The van der Waals surface area contributed by atoms with E-state index < -0.39 is 42.1 Å². The first kappa shape index (κ1) is 21.9. The minimum Gasteiger partial charge on any atom is -0.480 e. The maximum absolute atomic E-state index is 12.7. The van der Waals surface area contributed by atoms with E-state index in [4.69, 9.17) is 5.11 Å². The zero-order valence-corrected chi connectivity index (χ0v) is 16.9. The fourth-order valence-corrected chi connectivity index (χ4v) is 3.59. The lowest BCUT2D eigenvalue weighted by Gasteiger charge is -2.25. The van der Waals surface area contributed by atoms with Gasteiger partial charge in [-0.25, -0.2) is 0 Å². The van der Waals surface area contributed by atoms with Crippen molar-refractivity contribution >= 4 is 40.4 Å². The zero-order valence-electron chi connectivity index (χ0n) is 16.9. The van der Waals surface area contributed by atoms with Crippen molar-refractivity contribution in [2.45, 2.75) is 18.9 Å². The molecular weight excluding hydrogens is 404 g/mol. The number of hydrogen-bond acceptors (Lipinski definition) is 6. The summed E-state index contributed by atoms with van der Waals surface area (Å²) in [6.07, 6.45) is 2.34. The molecule has 1 aliphatic heterocycles. The second-order valence-electron chi connectivity index (χ2n) is 7.22. The summed E-state index contributed by atoms with van der Waals surface area (Å²) < 4.78 is 0. The lowest BCUT2D eigenvalue weighted by Crippen LogP contribution is -2.50. The van der Waals surface area contributed by atoms with E-state index in [-0.39, 0.29) is 13.1 Å². The number of nitrogens with zero attached hydrogens (tertiary/aromatic N) is 3. The third-order valence-corrected chi connectivity index (χ3v) is 5.10. The molecule has 0 unspecified atom stereocenters. The van der Waals surface area contributed by atoms with Crippen LogP contribution < -0.4 is 5.32 Å². The number of likely N-dealkylation sites (tertiary alicyclic amines) is 1. The molecular formula is C21H22N4O6. The Kier molecular flexibility index (Phi) is 6.58.